The van der Waals surface area contributed by atoms with E-state index in [4.69, 9.17) is 5.73 Å². The maximum atomic E-state index is 10.9. The van der Waals surface area contributed by atoms with Gasteiger partial charge in [0.1, 0.15) is 5.75 Å². The van der Waals surface area contributed by atoms with Crippen molar-refractivity contribution in [2.75, 3.05) is 25.0 Å². The molecule has 5 nitrogen and oxygen atoms in total. The van der Waals surface area contributed by atoms with Crippen LogP contribution in [0.5, 0.6) is 5.75 Å². The Hall–Kier alpha value is -1.27. The van der Waals surface area contributed by atoms with Gasteiger partial charge >= 0.3 is 6.03 Å². The molecular weight excluding hydrogens is 358 g/mol. The van der Waals surface area contributed by atoms with Crippen molar-refractivity contribution in [3.63, 3.8) is 0 Å². The third-order valence-electron chi connectivity index (χ3n) is 3.69. The molecular formula is C17H30BrN3O2. The first-order valence-electron chi connectivity index (χ1n) is 8.17. The van der Waals surface area contributed by atoms with Crippen LogP contribution in [-0.4, -0.2) is 35.7 Å². The summed E-state index contributed by atoms with van der Waals surface area (Å²) in [6.45, 7) is 7.65. The smallest absolute Gasteiger partial charge is 0.316 e. The average Bonchev–Trinajstić information content (AvgIpc) is 2.49. The second-order valence-electron chi connectivity index (χ2n) is 5.64. The van der Waals surface area contributed by atoms with Gasteiger partial charge in [0, 0.05) is 6.54 Å². The molecule has 0 aliphatic rings. The lowest BCUT2D eigenvalue weighted by atomic mass is 10.1. The van der Waals surface area contributed by atoms with Crippen molar-refractivity contribution >= 4 is 28.7 Å². The van der Waals surface area contributed by atoms with Crippen LogP contribution in [0.15, 0.2) is 18.2 Å². The molecule has 2 amide bonds. The minimum Gasteiger partial charge on any atom is -0.506 e. The van der Waals surface area contributed by atoms with Gasteiger partial charge in [-0.25, -0.2) is 4.79 Å². The maximum Gasteiger partial charge on any atom is 0.316 e. The molecule has 0 fully saturated rings. The lowest BCUT2D eigenvalue weighted by Crippen LogP contribution is -2.28. The van der Waals surface area contributed by atoms with Crippen LogP contribution in [0.25, 0.3) is 0 Å². The van der Waals surface area contributed by atoms with Gasteiger partial charge in [0.15, 0.2) is 0 Å². The molecule has 0 bridgehead atoms. The molecule has 0 spiro atoms. The van der Waals surface area contributed by atoms with Crippen molar-refractivity contribution in [2.45, 2.75) is 46.0 Å². The second kappa shape index (κ2) is 12.2. The van der Waals surface area contributed by atoms with Crippen LogP contribution in [0.4, 0.5) is 10.5 Å². The van der Waals surface area contributed by atoms with Crippen LogP contribution in [0, 0.1) is 0 Å². The number of unbranched alkanes of at least 4 members (excludes halogenated alkanes) is 2. The SMILES string of the molecule is Br.CCCCN(CCCC)CCc1ccc(O)c(NC(N)=O)c1. The van der Waals surface area contributed by atoms with E-state index in [0.29, 0.717) is 5.69 Å². The first kappa shape index (κ1) is 21.7. The van der Waals surface area contributed by atoms with Crippen LogP contribution in [-0.2, 0) is 6.42 Å². The second-order valence-corrected chi connectivity index (χ2v) is 5.64. The zero-order valence-electron chi connectivity index (χ0n) is 14.2. The van der Waals surface area contributed by atoms with Crippen molar-refractivity contribution in [1.29, 1.82) is 0 Å². The van der Waals surface area contributed by atoms with Gasteiger partial charge in [-0.2, -0.15) is 0 Å². The van der Waals surface area contributed by atoms with Gasteiger partial charge in [0.05, 0.1) is 5.69 Å². The van der Waals surface area contributed by atoms with Crippen molar-refractivity contribution in [3.05, 3.63) is 23.8 Å². The van der Waals surface area contributed by atoms with E-state index in [1.807, 2.05) is 6.07 Å². The minimum atomic E-state index is -0.667. The summed E-state index contributed by atoms with van der Waals surface area (Å²) in [4.78, 5) is 13.4. The summed E-state index contributed by atoms with van der Waals surface area (Å²) >= 11 is 0. The molecule has 1 rings (SSSR count). The number of phenolic OH excluding ortho intramolecular Hbond substituents is 1. The number of urea groups is 1. The molecule has 132 valence electrons. The number of anilines is 1. The van der Waals surface area contributed by atoms with E-state index in [-0.39, 0.29) is 22.7 Å². The molecule has 1 aromatic carbocycles. The normalized spacial score (nSPS) is 10.4. The van der Waals surface area contributed by atoms with Gasteiger partial charge in [0.2, 0.25) is 0 Å². The standard InChI is InChI=1S/C17H29N3O2.BrH/c1-3-5-10-20(11-6-4-2)12-9-14-7-8-16(21)15(13-14)19-17(18)22;/h7-8,13,21H,3-6,9-12H2,1-2H3,(H3,18,19,22);1H. The summed E-state index contributed by atoms with van der Waals surface area (Å²) in [6.07, 6.45) is 5.73. The number of nitrogens with two attached hydrogens (primary N) is 1. The number of aromatic hydroxyl groups is 1. The Morgan fingerprint density at radius 2 is 1.78 bits per heavy atom. The third-order valence-corrected chi connectivity index (χ3v) is 3.69. The molecule has 0 atom stereocenters. The van der Waals surface area contributed by atoms with E-state index in [2.05, 4.69) is 24.1 Å². The molecule has 0 aromatic heterocycles. The van der Waals surface area contributed by atoms with Crippen LogP contribution in [0.3, 0.4) is 0 Å². The summed E-state index contributed by atoms with van der Waals surface area (Å²) < 4.78 is 0. The largest absolute Gasteiger partial charge is 0.506 e. The highest BCUT2D eigenvalue weighted by Gasteiger charge is 2.08. The molecule has 1 aromatic rings. The Kier molecular flexibility index (Phi) is 11.5. The number of nitrogens with one attached hydrogen (secondary N) is 1. The number of carbonyl (C=O) groups excluding carboxylic acids is 1. The molecule has 0 aliphatic carbocycles. The molecule has 4 N–H and O–H groups in total. The maximum absolute atomic E-state index is 10.9. The monoisotopic (exact) mass is 387 g/mol. The molecule has 0 radical (unpaired) electrons. The number of rotatable bonds is 10. The summed E-state index contributed by atoms with van der Waals surface area (Å²) in [5.74, 6) is 0.0383. The topological polar surface area (TPSA) is 78.6 Å². The van der Waals surface area contributed by atoms with Gasteiger partial charge in [-0.1, -0.05) is 32.8 Å². The highest BCUT2D eigenvalue weighted by Crippen LogP contribution is 2.24. The van der Waals surface area contributed by atoms with E-state index < -0.39 is 6.03 Å². The number of hydrogen-bond donors (Lipinski definition) is 3. The first-order chi connectivity index (χ1) is 10.6. The fourth-order valence-electron chi connectivity index (χ4n) is 2.36. The number of hydrogen-bond acceptors (Lipinski definition) is 3. The van der Waals surface area contributed by atoms with E-state index in [9.17, 15) is 9.90 Å². The Balaban J connectivity index is 0.00000484. The van der Waals surface area contributed by atoms with E-state index in [1.54, 1.807) is 12.1 Å². The van der Waals surface area contributed by atoms with Crippen LogP contribution < -0.4 is 11.1 Å². The van der Waals surface area contributed by atoms with Crippen molar-refractivity contribution in [3.8, 4) is 5.75 Å². The number of nitrogens with zero attached hydrogens (tertiary/aromatic N) is 1. The first-order valence-corrected chi connectivity index (χ1v) is 8.17. The average molecular weight is 388 g/mol. The van der Waals surface area contributed by atoms with Crippen molar-refractivity contribution in [1.82, 2.24) is 4.90 Å². The van der Waals surface area contributed by atoms with Gasteiger partial charge in [0.25, 0.3) is 0 Å². The summed E-state index contributed by atoms with van der Waals surface area (Å²) in [7, 11) is 0. The van der Waals surface area contributed by atoms with Gasteiger partial charge in [-0.05, 0) is 50.0 Å². The number of carbonyl (C=O) groups is 1. The fraction of sp³-hybridized carbons (Fsp3) is 0.588. The van der Waals surface area contributed by atoms with Crippen LogP contribution >= 0.6 is 17.0 Å². The number of phenols is 1. The number of amides is 2. The Bertz CT molecular complexity index is 461. The van der Waals surface area contributed by atoms with Crippen molar-refractivity contribution < 1.29 is 9.90 Å². The molecule has 0 saturated carbocycles. The fourth-order valence-corrected chi connectivity index (χ4v) is 2.36. The molecule has 0 saturated heterocycles. The molecule has 0 heterocycles. The summed E-state index contributed by atoms with van der Waals surface area (Å²) in [5.41, 5.74) is 6.56. The highest BCUT2D eigenvalue weighted by atomic mass is 79.9. The summed E-state index contributed by atoms with van der Waals surface area (Å²) in [5, 5.41) is 12.2. The zero-order valence-corrected chi connectivity index (χ0v) is 15.9. The predicted molar refractivity (Wildman–Crippen MR) is 102 cm³/mol. The van der Waals surface area contributed by atoms with Crippen molar-refractivity contribution in [2.24, 2.45) is 5.73 Å². The van der Waals surface area contributed by atoms with Crippen LogP contribution in [0.1, 0.15) is 45.1 Å². The summed E-state index contributed by atoms with van der Waals surface area (Å²) in [6, 6.07) is 4.61. The Morgan fingerprint density at radius 3 is 2.30 bits per heavy atom. The van der Waals surface area contributed by atoms with Gasteiger partial charge < -0.3 is 21.1 Å². The van der Waals surface area contributed by atoms with Gasteiger partial charge in [-0.15, -0.1) is 17.0 Å². The Morgan fingerprint density at radius 1 is 1.17 bits per heavy atom. The third kappa shape index (κ3) is 8.81. The minimum absolute atomic E-state index is 0. The lowest BCUT2D eigenvalue weighted by Gasteiger charge is -2.22. The number of halogens is 1. The molecule has 0 unspecified atom stereocenters. The molecule has 6 heteroatoms. The van der Waals surface area contributed by atoms with Crippen LogP contribution in [0.2, 0.25) is 0 Å². The number of primary amides is 1. The molecule has 0 aliphatic heterocycles. The molecule has 23 heavy (non-hydrogen) atoms. The quantitative estimate of drug-likeness (QED) is 0.532. The van der Waals surface area contributed by atoms with E-state index in [1.165, 1.54) is 25.7 Å². The van der Waals surface area contributed by atoms with E-state index >= 15 is 0 Å². The highest BCUT2D eigenvalue weighted by molar-refractivity contribution is 8.93. The zero-order chi connectivity index (χ0) is 16.4. The number of benzene rings is 1. The predicted octanol–water partition coefficient (Wildman–Crippen LogP) is 3.91. The van der Waals surface area contributed by atoms with Gasteiger partial charge in [-0.3, -0.25) is 0 Å². The lowest BCUT2D eigenvalue weighted by molar-refractivity contribution is 0.259. The van der Waals surface area contributed by atoms with E-state index in [0.717, 1.165) is 31.6 Å². The Labute approximate surface area is 150 Å².